The van der Waals surface area contributed by atoms with Crippen LogP contribution in [0.4, 0.5) is 0 Å². The molecule has 1 aliphatic carbocycles. The van der Waals surface area contributed by atoms with Crippen LogP contribution < -0.4 is 0 Å². The second-order valence-electron chi connectivity index (χ2n) is 7.16. The van der Waals surface area contributed by atoms with E-state index in [9.17, 15) is 4.79 Å². The van der Waals surface area contributed by atoms with Crippen molar-refractivity contribution < 1.29 is 4.79 Å². The number of fused-ring (bicyclic) bond motifs is 1. The molecule has 1 aromatic heterocycles. The Hall–Kier alpha value is -3.21. The van der Waals surface area contributed by atoms with Gasteiger partial charge in [0.1, 0.15) is 0 Å². The van der Waals surface area contributed by atoms with Crippen LogP contribution >= 0.6 is 0 Å². The van der Waals surface area contributed by atoms with E-state index in [4.69, 9.17) is 0 Å². The Bertz CT molecular complexity index is 977. The Balaban J connectivity index is 1.44. The van der Waals surface area contributed by atoms with E-state index in [1.165, 1.54) is 11.1 Å². The predicted molar refractivity (Wildman–Crippen MR) is 110 cm³/mol. The molecular weight excluding hydrogens is 348 g/mol. The van der Waals surface area contributed by atoms with Gasteiger partial charge in [-0.25, -0.2) is 4.68 Å². The average Bonchev–Trinajstić information content (AvgIpc) is 3.22. The number of hydrogen-bond acceptors (Lipinski definition) is 3. The first kappa shape index (κ1) is 18.2. The maximum atomic E-state index is 13.0. The van der Waals surface area contributed by atoms with E-state index in [0.29, 0.717) is 12.2 Å². The molecule has 0 aliphatic heterocycles. The van der Waals surface area contributed by atoms with Gasteiger partial charge in [0, 0.05) is 7.05 Å². The summed E-state index contributed by atoms with van der Waals surface area (Å²) in [5.74, 6) is -0.0833. The Morgan fingerprint density at radius 2 is 1.96 bits per heavy atom. The van der Waals surface area contributed by atoms with Gasteiger partial charge in [-0.15, -0.1) is 5.10 Å². The van der Waals surface area contributed by atoms with Crippen molar-refractivity contribution in [1.29, 1.82) is 0 Å². The summed E-state index contributed by atoms with van der Waals surface area (Å²) in [7, 11) is 1.86. The average molecular weight is 372 g/mol. The van der Waals surface area contributed by atoms with Crippen molar-refractivity contribution in [3.8, 4) is 0 Å². The molecule has 2 aromatic carbocycles. The Kier molecular flexibility index (Phi) is 5.33. The number of carbonyl (C=O) groups is 1. The van der Waals surface area contributed by atoms with Gasteiger partial charge in [-0.2, -0.15) is 0 Å². The Labute approximate surface area is 165 Å². The summed E-state index contributed by atoms with van der Waals surface area (Å²) in [5.41, 5.74) is 4.11. The summed E-state index contributed by atoms with van der Waals surface area (Å²) in [6.45, 7) is 0.575. The van der Waals surface area contributed by atoms with Crippen LogP contribution in [0, 0.1) is 0 Å². The molecule has 28 heavy (non-hydrogen) atoms. The van der Waals surface area contributed by atoms with Gasteiger partial charge < -0.3 is 4.90 Å². The first-order valence-corrected chi connectivity index (χ1v) is 9.69. The van der Waals surface area contributed by atoms with Crippen molar-refractivity contribution in [3.05, 3.63) is 89.3 Å². The highest BCUT2D eigenvalue weighted by atomic mass is 16.2. The van der Waals surface area contributed by atoms with E-state index in [1.807, 2.05) is 60.5 Å². The molecule has 0 N–H and O–H groups in total. The fourth-order valence-electron chi connectivity index (χ4n) is 3.80. The van der Waals surface area contributed by atoms with E-state index in [1.54, 1.807) is 10.9 Å². The van der Waals surface area contributed by atoms with Crippen molar-refractivity contribution in [2.24, 2.45) is 0 Å². The largest absolute Gasteiger partial charge is 0.333 e. The third-order valence-electron chi connectivity index (χ3n) is 5.29. The van der Waals surface area contributed by atoms with Crippen molar-refractivity contribution in [2.75, 3.05) is 7.05 Å². The smallest absolute Gasteiger partial charge is 0.276 e. The lowest BCUT2D eigenvalue weighted by atomic mass is 9.87. The lowest BCUT2D eigenvalue weighted by Gasteiger charge is -2.32. The summed E-state index contributed by atoms with van der Waals surface area (Å²) >= 11 is 0. The van der Waals surface area contributed by atoms with Crippen LogP contribution in [-0.4, -0.2) is 32.8 Å². The number of aromatic nitrogens is 3. The number of benzene rings is 2. The second kappa shape index (κ2) is 8.21. The standard InChI is InChI=1S/C23H24N4O/c1-26(22-15-7-13-19-12-5-6-14-20(19)22)23(28)21-17-27(25-24-21)16-8-11-18-9-3-2-4-10-18/h2-6,8-12,14,17,22H,7,13,15-16H2,1H3/b11-8+. The highest BCUT2D eigenvalue weighted by molar-refractivity contribution is 5.92. The van der Waals surface area contributed by atoms with Crippen LogP contribution in [-0.2, 0) is 13.0 Å². The minimum Gasteiger partial charge on any atom is -0.333 e. The summed E-state index contributed by atoms with van der Waals surface area (Å²) in [4.78, 5) is 14.8. The molecule has 4 rings (SSSR count). The van der Waals surface area contributed by atoms with Crippen molar-refractivity contribution in [1.82, 2.24) is 19.9 Å². The van der Waals surface area contributed by atoms with Gasteiger partial charge in [-0.3, -0.25) is 4.79 Å². The highest BCUT2D eigenvalue weighted by Crippen LogP contribution is 2.33. The molecule has 0 radical (unpaired) electrons. The maximum absolute atomic E-state index is 13.0. The highest BCUT2D eigenvalue weighted by Gasteiger charge is 2.28. The first-order chi connectivity index (χ1) is 13.7. The summed E-state index contributed by atoms with van der Waals surface area (Å²) in [5, 5.41) is 8.21. The molecule has 0 spiro atoms. The Morgan fingerprint density at radius 1 is 1.18 bits per heavy atom. The van der Waals surface area contributed by atoms with Crippen LogP contribution in [0.2, 0.25) is 0 Å². The zero-order valence-corrected chi connectivity index (χ0v) is 16.0. The van der Waals surface area contributed by atoms with Crippen LogP contribution in [0.1, 0.15) is 46.1 Å². The van der Waals surface area contributed by atoms with Gasteiger partial charge in [-0.1, -0.05) is 72.0 Å². The third-order valence-corrected chi connectivity index (χ3v) is 5.29. The first-order valence-electron chi connectivity index (χ1n) is 9.69. The molecule has 1 aliphatic rings. The summed E-state index contributed by atoms with van der Waals surface area (Å²) < 4.78 is 1.69. The molecule has 5 nitrogen and oxygen atoms in total. The lowest BCUT2D eigenvalue weighted by Crippen LogP contribution is -2.33. The zero-order valence-electron chi connectivity index (χ0n) is 16.0. The minimum atomic E-state index is -0.0833. The SMILES string of the molecule is CN(C(=O)c1cn(C/C=C/c2ccccc2)nn1)C1CCCc2ccccc21. The quantitative estimate of drug-likeness (QED) is 0.676. The molecule has 1 amide bonds. The topological polar surface area (TPSA) is 51.0 Å². The molecule has 0 saturated carbocycles. The Morgan fingerprint density at radius 3 is 2.82 bits per heavy atom. The van der Waals surface area contributed by atoms with Gasteiger partial charge >= 0.3 is 0 Å². The third kappa shape index (κ3) is 3.88. The van der Waals surface area contributed by atoms with Crippen molar-refractivity contribution in [2.45, 2.75) is 31.8 Å². The van der Waals surface area contributed by atoms with Crippen LogP contribution in [0.25, 0.3) is 6.08 Å². The number of nitrogens with zero attached hydrogens (tertiary/aromatic N) is 4. The monoisotopic (exact) mass is 372 g/mol. The molecule has 3 aromatic rings. The van der Waals surface area contributed by atoms with Gasteiger partial charge in [0.2, 0.25) is 0 Å². The molecule has 1 heterocycles. The normalized spacial score (nSPS) is 16.1. The molecule has 0 bridgehead atoms. The molecule has 142 valence electrons. The van der Waals surface area contributed by atoms with Gasteiger partial charge in [0.15, 0.2) is 5.69 Å². The number of hydrogen-bond donors (Lipinski definition) is 0. The van der Waals surface area contributed by atoms with Crippen molar-refractivity contribution >= 4 is 12.0 Å². The van der Waals surface area contributed by atoms with Crippen LogP contribution in [0.3, 0.4) is 0 Å². The minimum absolute atomic E-state index is 0.0833. The molecular formula is C23H24N4O. The van der Waals surface area contributed by atoms with E-state index >= 15 is 0 Å². The number of amides is 1. The number of allylic oxidation sites excluding steroid dienone is 1. The molecule has 1 unspecified atom stereocenters. The lowest BCUT2D eigenvalue weighted by molar-refractivity contribution is 0.0709. The summed E-state index contributed by atoms with van der Waals surface area (Å²) in [6, 6.07) is 18.6. The molecule has 1 atom stereocenters. The van der Waals surface area contributed by atoms with Gasteiger partial charge in [0.25, 0.3) is 5.91 Å². The van der Waals surface area contributed by atoms with Crippen molar-refractivity contribution in [3.63, 3.8) is 0 Å². The van der Waals surface area contributed by atoms with E-state index in [0.717, 1.165) is 24.8 Å². The number of aryl methyl sites for hydroxylation is 1. The fourth-order valence-corrected chi connectivity index (χ4v) is 3.80. The van der Waals surface area contributed by atoms with Gasteiger partial charge in [0.05, 0.1) is 18.8 Å². The zero-order chi connectivity index (χ0) is 19.3. The maximum Gasteiger partial charge on any atom is 0.276 e. The second-order valence-corrected chi connectivity index (χ2v) is 7.16. The van der Waals surface area contributed by atoms with Crippen LogP contribution in [0.15, 0.2) is 66.9 Å². The fraction of sp³-hybridized carbons (Fsp3) is 0.261. The van der Waals surface area contributed by atoms with E-state index < -0.39 is 0 Å². The number of carbonyl (C=O) groups excluding carboxylic acids is 1. The van der Waals surface area contributed by atoms with E-state index in [-0.39, 0.29) is 11.9 Å². The number of rotatable bonds is 5. The summed E-state index contributed by atoms with van der Waals surface area (Å²) in [6.07, 6.45) is 8.93. The van der Waals surface area contributed by atoms with Crippen LogP contribution in [0.5, 0.6) is 0 Å². The predicted octanol–water partition coefficient (Wildman–Crippen LogP) is 4.14. The molecule has 5 heteroatoms. The molecule has 0 fully saturated rings. The van der Waals surface area contributed by atoms with Gasteiger partial charge in [-0.05, 0) is 36.0 Å². The molecule has 0 saturated heterocycles. The van der Waals surface area contributed by atoms with E-state index in [2.05, 4.69) is 28.5 Å².